The van der Waals surface area contributed by atoms with E-state index < -0.39 is 0 Å². The molecule has 1 atom stereocenters. The number of rotatable bonds is 9. The number of benzene rings is 1. The fourth-order valence-electron chi connectivity index (χ4n) is 3.34. The number of nitrogens with one attached hydrogen (secondary N) is 2. The molecular formula is C22H28FN5O2S. The molecule has 1 aliphatic heterocycles. The smallest absolute Gasteiger partial charge is 0.230 e. The molecule has 1 saturated heterocycles. The monoisotopic (exact) mass is 445 g/mol. The molecule has 1 fully saturated rings. The van der Waals surface area contributed by atoms with Crippen molar-refractivity contribution in [3.05, 3.63) is 47.8 Å². The van der Waals surface area contributed by atoms with Gasteiger partial charge in [-0.05, 0) is 49.1 Å². The van der Waals surface area contributed by atoms with Gasteiger partial charge in [-0.15, -0.1) is 10.2 Å². The molecule has 0 bridgehead atoms. The topological polar surface area (TPSA) is 87.2 Å². The van der Waals surface area contributed by atoms with E-state index in [0.717, 1.165) is 37.2 Å². The van der Waals surface area contributed by atoms with Crippen molar-refractivity contribution in [3.8, 4) is 0 Å². The Kier molecular flexibility index (Phi) is 8.63. The molecule has 0 aliphatic carbocycles. The molecule has 1 aromatic carbocycles. The van der Waals surface area contributed by atoms with Crippen LogP contribution in [-0.4, -0.2) is 47.4 Å². The molecule has 7 nitrogen and oxygen atoms in total. The van der Waals surface area contributed by atoms with Gasteiger partial charge in [0.15, 0.2) is 5.82 Å². The zero-order valence-corrected chi connectivity index (χ0v) is 18.5. The summed E-state index contributed by atoms with van der Waals surface area (Å²) < 4.78 is 12.9. The van der Waals surface area contributed by atoms with Crippen LogP contribution in [0, 0.1) is 11.7 Å². The lowest BCUT2D eigenvalue weighted by Crippen LogP contribution is -2.43. The fraction of sp³-hybridized carbons (Fsp3) is 0.455. The van der Waals surface area contributed by atoms with Crippen molar-refractivity contribution in [2.75, 3.05) is 30.3 Å². The highest BCUT2D eigenvalue weighted by Crippen LogP contribution is 2.23. The summed E-state index contributed by atoms with van der Waals surface area (Å²) >= 11 is 1.31. The van der Waals surface area contributed by atoms with Gasteiger partial charge in [0.1, 0.15) is 10.8 Å². The van der Waals surface area contributed by atoms with Crippen LogP contribution < -0.4 is 15.5 Å². The number of hydrogen-bond donors (Lipinski definition) is 2. The van der Waals surface area contributed by atoms with Crippen molar-refractivity contribution < 1.29 is 14.0 Å². The number of hydrogen-bond acceptors (Lipinski definition) is 6. The zero-order valence-electron chi connectivity index (χ0n) is 17.6. The van der Waals surface area contributed by atoms with Crippen LogP contribution in [-0.2, 0) is 16.1 Å². The molecule has 2 aromatic rings. The average molecular weight is 446 g/mol. The lowest BCUT2D eigenvalue weighted by atomic mass is 9.97. The molecule has 9 heteroatoms. The Labute approximate surface area is 186 Å². The number of amides is 2. The largest absolute Gasteiger partial charge is 0.356 e. The second kappa shape index (κ2) is 11.6. The quantitative estimate of drug-likeness (QED) is 0.577. The summed E-state index contributed by atoms with van der Waals surface area (Å²) in [5.74, 6) is 0.626. The first-order chi connectivity index (χ1) is 15.0. The van der Waals surface area contributed by atoms with Crippen molar-refractivity contribution in [3.63, 3.8) is 0 Å². The molecule has 2 N–H and O–H groups in total. The lowest BCUT2D eigenvalue weighted by Gasteiger charge is -2.32. The van der Waals surface area contributed by atoms with E-state index in [0.29, 0.717) is 24.7 Å². The third-order valence-electron chi connectivity index (χ3n) is 5.05. The minimum atomic E-state index is -0.299. The van der Waals surface area contributed by atoms with Crippen LogP contribution in [0.3, 0.4) is 0 Å². The number of carbonyl (C=O) groups excluding carboxylic acids is 2. The van der Waals surface area contributed by atoms with E-state index in [4.69, 9.17) is 0 Å². The number of halogens is 1. The number of thioether (sulfide) groups is 1. The van der Waals surface area contributed by atoms with Crippen molar-refractivity contribution in [2.45, 2.75) is 37.8 Å². The molecule has 31 heavy (non-hydrogen) atoms. The Balaban J connectivity index is 1.44. The van der Waals surface area contributed by atoms with Gasteiger partial charge in [-0.1, -0.05) is 30.8 Å². The Hall–Kier alpha value is -2.68. The minimum Gasteiger partial charge on any atom is -0.356 e. The molecule has 1 aromatic heterocycles. The molecule has 2 heterocycles. The Morgan fingerprint density at radius 3 is 2.68 bits per heavy atom. The highest BCUT2D eigenvalue weighted by molar-refractivity contribution is 7.99. The van der Waals surface area contributed by atoms with E-state index in [1.807, 2.05) is 19.1 Å². The SMILES string of the molecule is CCCNC(=O)[C@@H]1CCCN(c2ccc(SCC(=O)NCc3ccc(F)cc3)nn2)C1. The summed E-state index contributed by atoms with van der Waals surface area (Å²) in [5, 5.41) is 15.0. The normalized spacial score (nSPS) is 16.1. The van der Waals surface area contributed by atoms with Crippen LogP contribution in [0.2, 0.25) is 0 Å². The standard InChI is InChI=1S/C22H28FN5O2S/c1-2-11-24-22(30)17-4-3-12-28(14-17)19-9-10-21(27-26-19)31-15-20(29)25-13-16-5-7-18(23)8-6-16/h5-10,17H,2-4,11-15H2,1H3,(H,24,30)(H,25,29)/t17-/m1/s1. The molecule has 0 unspecified atom stereocenters. The second-order valence-corrected chi connectivity index (χ2v) is 8.49. The first-order valence-electron chi connectivity index (χ1n) is 10.6. The first kappa shape index (κ1) is 23.0. The van der Waals surface area contributed by atoms with Crippen molar-refractivity contribution in [1.82, 2.24) is 20.8 Å². The predicted molar refractivity (Wildman–Crippen MR) is 119 cm³/mol. The molecular weight excluding hydrogens is 417 g/mol. The van der Waals surface area contributed by atoms with Crippen molar-refractivity contribution >= 4 is 29.4 Å². The Morgan fingerprint density at radius 1 is 1.16 bits per heavy atom. The van der Waals surface area contributed by atoms with Crippen molar-refractivity contribution in [1.29, 1.82) is 0 Å². The second-order valence-electron chi connectivity index (χ2n) is 7.50. The number of aromatic nitrogens is 2. The maximum absolute atomic E-state index is 12.9. The Morgan fingerprint density at radius 2 is 1.97 bits per heavy atom. The van der Waals surface area contributed by atoms with Gasteiger partial charge in [0.05, 0.1) is 11.7 Å². The maximum Gasteiger partial charge on any atom is 0.230 e. The van der Waals surface area contributed by atoms with Gasteiger partial charge in [0.25, 0.3) is 0 Å². The molecule has 0 radical (unpaired) electrons. The molecule has 3 rings (SSSR count). The summed E-state index contributed by atoms with van der Waals surface area (Å²) in [5.41, 5.74) is 0.840. The number of carbonyl (C=O) groups is 2. The van der Waals surface area contributed by atoms with E-state index in [1.165, 1.54) is 23.9 Å². The highest BCUT2D eigenvalue weighted by atomic mass is 32.2. The molecule has 0 saturated carbocycles. The van der Waals surface area contributed by atoms with Gasteiger partial charge < -0.3 is 15.5 Å². The zero-order chi connectivity index (χ0) is 22.1. The molecule has 0 spiro atoms. The number of anilines is 1. The summed E-state index contributed by atoms with van der Waals surface area (Å²) in [6.45, 7) is 4.59. The van der Waals surface area contributed by atoms with Gasteiger partial charge in [0, 0.05) is 26.2 Å². The van der Waals surface area contributed by atoms with Gasteiger partial charge in [-0.2, -0.15) is 0 Å². The van der Waals surface area contributed by atoms with Crippen molar-refractivity contribution in [2.24, 2.45) is 5.92 Å². The van der Waals surface area contributed by atoms with E-state index in [1.54, 1.807) is 12.1 Å². The maximum atomic E-state index is 12.9. The molecule has 1 aliphatic rings. The number of nitrogens with zero attached hydrogens (tertiary/aromatic N) is 3. The Bertz CT molecular complexity index is 863. The van der Waals surface area contributed by atoms with Gasteiger partial charge in [0.2, 0.25) is 11.8 Å². The summed E-state index contributed by atoms with van der Waals surface area (Å²) in [6, 6.07) is 9.77. The lowest BCUT2D eigenvalue weighted by molar-refractivity contribution is -0.125. The third-order valence-corrected chi connectivity index (χ3v) is 5.97. The minimum absolute atomic E-state index is 0.0269. The van der Waals surface area contributed by atoms with E-state index in [9.17, 15) is 14.0 Å². The predicted octanol–water partition coefficient (Wildman–Crippen LogP) is 2.77. The van der Waals surface area contributed by atoms with Crippen LogP contribution >= 0.6 is 11.8 Å². The fourth-order valence-corrected chi connectivity index (χ4v) is 3.99. The highest BCUT2D eigenvalue weighted by Gasteiger charge is 2.26. The van der Waals surface area contributed by atoms with Crippen LogP contribution in [0.15, 0.2) is 41.4 Å². The van der Waals surface area contributed by atoms with Crippen LogP contribution in [0.5, 0.6) is 0 Å². The van der Waals surface area contributed by atoms with Crippen LogP contribution in [0.1, 0.15) is 31.7 Å². The average Bonchev–Trinajstić information content (AvgIpc) is 2.81. The first-order valence-corrected chi connectivity index (χ1v) is 11.5. The summed E-state index contributed by atoms with van der Waals surface area (Å²) in [6.07, 6.45) is 2.76. The summed E-state index contributed by atoms with van der Waals surface area (Å²) in [4.78, 5) is 26.4. The van der Waals surface area contributed by atoms with Gasteiger partial charge in [-0.25, -0.2) is 4.39 Å². The molecule has 166 valence electrons. The summed E-state index contributed by atoms with van der Waals surface area (Å²) in [7, 11) is 0. The van der Waals surface area contributed by atoms with E-state index in [-0.39, 0.29) is 29.3 Å². The van der Waals surface area contributed by atoms with E-state index in [2.05, 4.69) is 25.7 Å². The van der Waals surface area contributed by atoms with Gasteiger partial charge >= 0.3 is 0 Å². The van der Waals surface area contributed by atoms with Crippen LogP contribution in [0.25, 0.3) is 0 Å². The third kappa shape index (κ3) is 7.20. The number of piperidine rings is 1. The molecule has 2 amide bonds. The van der Waals surface area contributed by atoms with E-state index >= 15 is 0 Å². The van der Waals surface area contributed by atoms with Gasteiger partial charge in [-0.3, -0.25) is 9.59 Å². The van der Waals surface area contributed by atoms with Crippen LogP contribution in [0.4, 0.5) is 10.2 Å².